The molecule has 1 aromatic carbocycles. The third kappa shape index (κ3) is 4.89. The molecule has 0 unspecified atom stereocenters. The molecule has 0 bridgehead atoms. The lowest BCUT2D eigenvalue weighted by molar-refractivity contribution is -0.137. The van der Waals surface area contributed by atoms with E-state index in [-0.39, 0.29) is 17.1 Å². The van der Waals surface area contributed by atoms with Gasteiger partial charge in [-0.2, -0.15) is 13.2 Å². The van der Waals surface area contributed by atoms with E-state index in [0.717, 1.165) is 12.1 Å². The van der Waals surface area contributed by atoms with Crippen LogP contribution in [0, 0.1) is 0 Å². The van der Waals surface area contributed by atoms with Crippen molar-refractivity contribution in [3.63, 3.8) is 0 Å². The van der Waals surface area contributed by atoms with Crippen LogP contribution in [0.3, 0.4) is 0 Å². The predicted octanol–water partition coefficient (Wildman–Crippen LogP) is 4.77. The Hall–Kier alpha value is -3.33. The maximum atomic E-state index is 12.9. The lowest BCUT2D eigenvalue weighted by atomic mass is 10.2. The Bertz CT molecular complexity index is 994. The summed E-state index contributed by atoms with van der Waals surface area (Å²) in [6.45, 7) is 0. The number of halogens is 3. The van der Waals surface area contributed by atoms with Crippen molar-refractivity contribution >= 4 is 34.9 Å². The molecule has 2 aromatic heterocycles. The van der Waals surface area contributed by atoms with Crippen molar-refractivity contribution < 1.29 is 27.2 Å². The number of hydrogen-bond donors (Lipinski definition) is 2. The van der Waals surface area contributed by atoms with Gasteiger partial charge >= 0.3 is 6.18 Å². The van der Waals surface area contributed by atoms with Crippen LogP contribution in [0.15, 0.2) is 70.3 Å². The smallest absolute Gasteiger partial charge is 0.416 e. The molecule has 2 N–H and O–H groups in total. The summed E-state index contributed by atoms with van der Waals surface area (Å²) in [6.07, 6.45) is -1.81. The van der Waals surface area contributed by atoms with Gasteiger partial charge in [0.15, 0.2) is 5.76 Å². The highest BCUT2D eigenvalue weighted by molar-refractivity contribution is 7.10. The maximum Gasteiger partial charge on any atom is 0.416 e. The topological polar surface area (TPSA) is 71.3 Å². The van der Waals surface area contributed by atoms with Gasteiger partial charge in [0.2, 0.25) is 0 Å². The highest BCUT2D eigenvalue weighted by Gasteiger charge is 2.30. The number of benzene rings is 1. The van der Waals surface area contributed by atoms with Gasteiger partial charge in [0.25, 0.3) is 11.8 Å². The summed E-state index contributed by atoms with van der Waals surface area (Å²) in [5.41, 5.74) is -1.08. The molecule has 9 heteroatoms. The first-order chi connectivity index (χ1) is 13.3. The van der Waals surface area contributed by atoms with Crippen LogP contribution in [0.25, 0.3) is 6.08 Å². The summed E-state index contributed by atoms with van der Waals surface area (Å²) in [7, 11) is 0. The Kier molecular flexibility index (Phi) is 5.65. The second-order valence-electron chi connectivity index (χ2n) is 5.54. The van der Waals surface area contributed by atoms with Gasteiger partial charge in [-0.1, -0.05) is 12.1 Å². The van der Waals surface area contributed by atoms with Gasteiger partial charge in [-0.15, -0.1) is 11.3 Å². The monoisotopic (exact) mass is 406 g/mol. The van der Waals surface area contributed by atoms with Crippen molar-refractivity contribution in [2.24, 2.45) is 0 Å². The van der Waals surface area contributed by atoms with Gasteiger partial charge in [-0.3, -0.25) is 9.59 Å². The molecule has 0 radical (unpaired) electrons. The van der Waals surface area contributed by atoms with E-state index in [1.807, 2.05) is 0 Å². The van der Waals surface area contributed by atoms with Crippen LogP contribution in [-0.2, 0) is 11.0 Å². The SMILES string of the molecule is O=C(Nc1cccc(C(F)(F)F)c1)/C(=C\c1cccs1)NC(=O)c1ccco1. The van der Waals surface area contributed by atoms with E-state index in [1.165, 1.54) is 47.9 Å². The van der Waals surface area contributed by atoms with Crippen LogP contribution in [0.2, 0.25) is 0 Å². The number of rotatable bonds is 5. The zero-order chi connectivity index (χ0) is 20.1. The van der Waals surface area contributed by atoms with E-state index in [1.54, 1.807) is 17.5 Å². The zero-order valence-corrected chi connectivity index (χ0v) is 14.9. The Morgan fingerprint density at radius 1 is 1.07 bits per heavy atom. The molecular formula is C19H13F3N2O3S. The molecule has 28 heavy (non-hydrogen) atoms. The molecule has 0 saturated carbocycles. The Balaban J connectivity index is 1.84. The molecule has 2 amide bonds. The fourth-order valence-corrected chi connectivity index (χ4v) is 2.89. The van der Waals surface area contributed by atoms with Crippen molar-refractivity contribution in [1.82, 2.24) is 5.32 Å². The minimum absolute atomic E-state index is 0.0102. The number of anilines is 1. The molecule has 0 aliphatic rings. The number of hydrogen-bond acceptors (Lipinski definition) is 4. The molecule has 144 valence electrons. The van der Waals surface area contributed by atoms with Gasteiger partial charge < -0.3 is 15.1 Å². The van der Waals surface area contributed by atoms with Crippen molar-refractivity contribution in [3.05, 3.63) is 82.1 Å². The molecular weight excluding hydrogens is 393 g/mol. The minimum Gasteiger partial charge on any atom is -0.459 e. The van der Waals surface area contributed by atoms with Gasteiger partial charge in [0, 0.05) is 10.6 Å². The molecule has 0 spiro atoms. The molecule has 0 atom stereocenters. The first kappa shape index (κ1) is 19.4. The fourth-order valence-electron chi connectivity index (χ4n) is 2.24. The maximum absolute atomic E-state index is 12.9. The van der Waals surface area contributed by atoms with Crippen molar-refractivity contribution in [1.29, 1.82) is 0 Å². The molecule has 2 heterocycles. The van der Waals surface area contributed by atoms with Crippen LogP contribution in [0.4, 0.5) is 18.9 Å². The second-order valence-corrected chi connectivity index (χ2v) is 6.52. The van der Waals surface area contributed by atoms with E-state index in [9.17, 15) is 22.8 Å². The summed E-state index contributed by atoms with van der Waals surface area (Å²) in [6, 6.07) is 10.6. The van der Waals surface area contributed by atoms with Crippen LogP contribution in [0.1, 0.15) is 21.0 Å². The highest BCUT2D eigenvalue weighted by Crippen LogP contribution is 2.30. The Morgan fingerprint density at radius 3 is 2.54 bits per heavy atom. The lowest BCUT2D eigenvalue weighted by Crippen LogP contribution is -2.30. The molecule has 3 aromatic rings. The number of alkyl halides is 3. The molecule has 0 fully saturated rings. The van der Waals surface area contributed by atoms with Crippen LogP contribution in [0.5, 0.6) is 0 Å². The summed E-state index contributed by atoms with van der Waals surface area (Å²) < 4.78 is 43.6. The first-order valence-corrected chi connectivity index (χ1v) is 8.79. The quantitative estimate of drug-likeness (QED) is 0.600. The lowest BCUT2D eigenvalue weighted by Gasteiger charge is -2.12. The third-order valence-corrected chi connectivity index (χ3v) is 4.33. The van der Waals surface area contributed by atoms with Gasteiger partial charge in [-0.05, 0) is 47.9 Å². The number of amides is 2. The number of carbonyl (C=O) groups is 2. The first-order valence-electron chi connectivity index (χ1n) is 7.91. The minimum atomic E-state index is -4.54. The normalized spacial score (nSPS) is 11.9. The average molecular weight is 406 g/mol. The number of nitrogens with one attached hydrogen (secondary N) is 2. The molecule has 0 saturated heterocycles. The van der Waals surface area contributed by atoms with E-state index in [0.29, 0.717) is 4.88 Å². The van der Waals surface area contributed by atoms with Gasteiger partial charge in [-0.25, -0.2) is 0 Å². The van der Waals surface area contributed by atoms with Crippen LogP contribution >= 0.6 is 11.3 Å². The second kappa shape index (κ2) is 8.13. The molecule has 3 rings (SSSR count). The molecule has 0 aliphatic carbocycles. The van der Waals surface area contributed by atoms with E-state index >= 15 is 0 Å². The predicted molar refractivity (Wildman–Crippen MR) is 98.5 cm³/mol. The third-order valence-electron chi connectivity index (χ3n) is 3.52. The van der Waals surface area contributed by atoms with Crippen LogP contribution in [-0.4, -0.2) is 11.8 Å². The van der Waals surface area contributed by atoms with E-state index in [2.05, 4.69) is 10.6 Å². The molecule has 0 aliphatic heterocycles. The largest absolute Gasteiger partial charge is 0.459 e. The number of thiophene rings is 1. The van der Waals surface area contributed by atoms with Crippen molar-refractivity contribution in [2.45, 2.75) is 6.18 Å². The summed E-state index contributed by atoms with van der Waals surface area (Å²) in [5, 5.41) is 6.57. The number of furan rings is 1. The number of carbonyl (C=O) groups excluding carboxylic acids is 2. The van der Waals surface area contributed by atoms with Crippen LogP contribution < -0.4 is 10.6 Å². The highest BCUT2D eigenvalue weighted by atomic mass is 32.1. The Labute approximate surface area is 161 Å². The Morgan fingerprint density at radius 2 is 1.89 bits per heavy atom. The van der Waals surface area contributed by atoms with E-state index in [4.69, 9.17) is 4.42 Å². The van der Waals surface area contributed by atoms with E-state index < -0.39 is 23.6 Å². The van der Waals surface area contributed by atoms with Crippen molar-refractivity contribution in [3.8, 4) is 0 Å². The van der Waals surface area contributed by atoms with Crippen molar-refractivity contribution in [2.75, 3.05) is 5.32 Å². The summed E-state index contributed by atoms with van der Waals surface area (Å²) >= 11 is 1.33. The zero-order valence-electron chi connectivity index (χ0n) is 14.1. The van der Waals surface area contributed by atoms with Gasteiger partial charge in [0.05, 0.1) is 11.8 Å². The van der Waals surface area contributed by atoms with Gasteiger partial charge in [0.1, 0.15) is 5.70 Å². The summed E-state index contributed by atoms with van der Waals surface area (Å²) in [4.78, 5) is 25.5. The summed E-state index contributed by atoms with van der Waals surface area (Å²) in [5.74, 6) is -1.44. The standard InChI is InChI=1S/C19H13F3N2O3S/c20-19(21,22)12-4-1-5-13(10-12)23-17(25)15(11-14-6-3-9-28-14)24-18(26)16-7-2-8-27-16/h1-11H,(H,23,25)(H,24,26)/b15-11+. The molecule has 5 nitrogen and oxygen atoms in total. The average Bonchev–Trinajstić information content (AvgIpc) is 3.34. The fraction of sp³-hybridized carbons (Fsp3) is 0.0526.